The van der Waals surface area contributed by atoms with Gasteiger partial charge in [-0.1, -0.05) is 18.3 Å². The molecule has 1 aliphatic rings. The summed E-state index contributed by atoms with van der Waals surface area (Å²) in [6, 6.07) is 4.97. The summed E-state index contributed by atoms with van der Waals surface area (Å²) >= 11 is 1.09. The van der Waals surface area contributed by atoms with Crippen molar-refractivity contribution in [2.45, 2.75) is 51.0 Å². The van der Waals surface area contributed by atoms with E-state index < -0.39 is 10.0 Å². The Bertz CT molecular complexity index is 939. The van der Waals surface area contributed by atoms with Gasteiger partial charge in [0.25, 0.3) is 0 Å². The van der Waals surface area contributed by atoms with Crippen LogP contribution >= 0.6 is 11.3 Å². The molecule has 6 nitrogen and oxygen atoms in total. The summed E-state index contributed by atoms with van der Waals surface area (Å²) in [4.78, 5) is 14.7. The molecule has 3 rings (SSSR count). The fourth-order valence-corrected chi connectivity index (χ4v) is 5.78. The first-order chi connectivity index (χ1) is 12.8. The van der Waals surface area contributed by atoms with Crippen LogP contribution in [0.4, 0.5) is 0 Å². The van der Waals surface area contributed by atoms with Gasteiger partial charge < -0.3 is 4.90 Å². The zero-order valence-corrected chi connectivity index (χ0v) is 17.9. The van der Waals surface area contributed by atoms with Gasteiger partial charge in [0.1, 0.15) is 0 Å². The second-order valence-corrected chi connectivity index (χ2v) is 10.5. The Morgan fingerprint density at radius 2 is 1.96 bits per heavy atom. The van der Waals surface area contributed by atoms with E-state index in [0.717, 1.165) is 48.8 Å². The number of piperidine rings is 1. The summed E-state index contributed by atoms with van der Waals surface area (Å²) in [5, 5.41) is 0. The number of nitrogens with zero attached hydrogens (tertiary/aromatic N) is 2. The van der Waals surface area contributed by atoms with Crippen LogP contribution in [0.15, 0.2) is 27.9 Å². The van der Waals surface area contributed by atoms with E-state index in [1.54, 1.807) is 22.8 Å². The number of sulfonamides is 1. The van der Waals surface area contributed by atoms with Gasteiger partial charge in [-0.05, 0) is 76.9 Å². The van der Waals surface area contributed by atoms with Crippen molar-refractivity contribution in [1.82, 2.24) is 14.2 Å². The molecular formula is C19H29N3O3S2. The van der Waals surface area contributed by atoms with Gasteiger partial charge >= 0.3 is 4.87 Å². The lowest BCUT2D eigenvalue weighted by Gasteiger charge is -2.30. The number of hydrogen-bond acceptors (Lipinski definition) is 5. The normalized spacial score (nSPS) is 17.2. The summed E-state index contributed by atoms with van der Waals surface area (Å²) in [7, 11) is -3.56. The smallest absolute Gasteiger partial charge is 0.303 e. The highest BCUT2D eigenvalue weighted by Gasteiger charge is 2.18. The highest BCUT2D eigenvalue weighted by atomic mass is 32.2. The molecule has 1 aromatic carbocycles. The first kappa shape index (κ1) is 20.5. The van der Waals surface area contributed by atoms with Crippen LogP contribution in [0.2, 0.25) is 0 Å². The minimum absolute atomic E-state index is 0.0459. The van der Waals surface area contributed by atoms with Crippen molar-refractivity contribution in [3.8, 4) is 0 Å². The van der Waals surface area contributed by atoms with Gasteiger partial charge in [0.05, 0.1) is 15.1 Å². The number of aromatic nitrogens is 1. The van der Waals surface area contributed by atoms with Crippen molar-refractivity contribution >= 4 is 31.6 Å². The Hall–Kier alpha value is -1.22. The molecule has 0 amide bonds. The fraction of sp³-hybridized carbons (Fsp3) is 0.632. The summed E-state index contributed by atoms with van der Waals surface area (Å²) in [6.07, 6.45) is 3.25. The van der Waals surface area contributed by atoms with Crippen molar-refractivity contribution in [2.24, 2.45) is 5.92 Å². The van der Waals surface area contributed by atoms with Crippen molar-refractivity contribution < 1.29 is 8.42 Å². The van der Waals surface area contributed by atoms with Crippen LogP contribution in [0.5, 0.6) is 0 Å². The first-order valence-electron chi connectivity index (χ1n) is 9.65. The van der Waals surface area contributed by atoms with Crippen LogP contribution in [0.1, 0.15) is 46.1 Å². The second-order valence-electron chi connectivity index (χ2n) is 7.74. The van der Waals surface area contributed by atoms with Gasteiger partial charge in [-0.2, -0.15) is 0 Å². The van der Waals surface area contributed by atoms with Crippen LogP contribution in [0.3, 0.4) is 0 Å². The van der Waals surface area contributed by atoms with Crippen LogP contribution in [0, 0.1) is 5.92 Å². The maximum absolute atomic E-state index is 12.6. The Kier molecular flexibility index (Phi) is 6.40. The fourth-order valence-electron chi connectivity index (χ4n) is 3.55. The summed E-state index contributed by atoms with van der Waals surface area (Å²) in [5.41, 5.74) is 0.790. The zero-order valence-electron chi connectivity index (χ0n) is 16.3. The highest BCUT2D eigenvalue weighted by Crippen LogP contribution is 2.24. The maximum atomic E-state index is 12.6. The van der Waals surface area contributed by atoms with Gasteiger partial charge in [0.15, 0.2) is 0 Å². The molecule has 0 unspecified atom stereocenters. The van der Waals surface area contributed by atoms with E-state index in [9.17, 15) is 13.2 Å². The molecule has 0 atom stereocenters. The predicted molar refractivity (Wildman–Crippen MR) is 111 cm³/mol. The molecule has 1 aliphatic heterocycles. The zero-order chi connectivity index (χ0) is 19.6. The van der Waals surface area contributed by atoms with Crippen LogP contribution in [-0.2, 0) is 10.0 Å². The van der Waals surface area contributed by atoms with Crippen molar-refractivity contribution in [2.75, 3.05) is 26.2 Å². The number of benzene rings is 1. The van der Waals surface area contributed by atoms with E-state index in [-0.39, 0.29) is 15.8 Å². The van der Waals surface area contributed by atoms with E-state index in [1.165, 1.54) is 12.8 Å². The largest absolute Gasteiger partial charge is 0.308 e. The summed E-state index contributed by atoms with van der Waals surface area (Å²) < 4.78 is 30.3. The topological polar surface area (TPSA) is 71.4 Å². The Balaban J connectivity index is 1.62. The average molecular weight is 412 g/mol. The van der Waals surface area contributed by atoms with Crippen molar-refractivity contribution in [3.05, 3.63) is 27.9 Å². The van der Waals surface area contributed by atoms with Crippen LogP contribution in [-0.4, -0.2) is 44.1 Å². The number of fused-ring (bicyclic) bond motifs is 1. The third kappa shape index (κ3) is 4.80. The SMILES string of the molecule is CC1CCN(CCCNS(=O)(=O)c2ccc3c(c2)sc(=O)n3C(C)C)CC1. The summed E-state index contributed by atoms with van der Waals surface area (Å²) in [6.45, 7) is 9.75. The molecule has 1 aromatic heterocycles. The molecule has 8 heteroatoms. The van der Waals surface area contributed by atoms with E-state index in [0.29, 0.717) is 11.2 Å². The molecule has 2 aromatic rings. The number of thiazole rings is 1. The van der Waals surface area contributed by atoms with Crippen molar-refractivity contribution in [1.29, 1.82) is 0 Å². The number of nitrogens with one attached hydrogen (secondary N) is 1. The molecule has 1 fully saturated rings. The van der Waals surface area contributed by atoms with Gasteiger partial charge in [-0.25, -0.2) is 13.1 Å². The van der Waals surface area contributed by atoms with E-state index in [1.807, 2.05) is 13.8 Å². The molecule has 0 spiro atoms. The van der Waals surface area contributed by atoms with Gasteiger partial charge in [0.2, 0.25) is 10.0 Å². The minimum atomic E-state index is -3.56. The van der Waals surface area contributed by atoms with E-state index in [2.05, 4.69) is 16.5 Å². The molecule has 1 N–H and O–H groups in total. The molecule has 150 valence electrons. The second kappa shape index (κ2) is 8.43. The van der Waals surface area contributed by atoms with Gasteiger partial charge in [0, 0.05) is 12.6 Å². The predicted octanol–water partition coefficient (Wildman–Crippen LogP) is 3.04. The monoisotopic (exact) mass is 411 g/mol. The average Bonchev–Trinajstić information content (AvgIpc) is 2.95. The third-order valence-electron chi connectivity index (χ3n) is 5.23. The first-order valence-corrected chi connectivity index (χ1v) is 11.9. The highest BCUT2D eigenvalue weighted by molar-refractivity contribution is 7.89. The third-order valence-corrected chi connectivity index (χ3v) is 7.61. The molecular weight excluding hydrogens is 382 g/mol. The molecule has 0 saturated carbocycles. The lowest BCUT2D eigenvalue weighted by Crippen LogP contribution is -2.35. The van der Waals surface area contributed by atoms with Crippen LogP contribution < -0.4 is 9.60 Å². The van der Waals surface area contributed by atoms with E-state index in [4.69, 9.17) is 0 Å². The Morgan fingerprint density at radius 3 is 2.63 bits per heavy atom. The lowest BCUT2D eigenvalue weighted by atomic mass is 9.99. The molecule has 27 heavy (non-hydrogen) atoms. The summed E-state index contributed by atoms with van der Waals surface area (Å²) in [5.74, 6) is 0.802. The molecule has 1 saturated heterocycles. The minimum Gasteiger partial charge on any atom is -0.303 e. The van der Waals surface area contributed by atoms with Crippen molar-refractivity contribution in [3.63, 3.8) is 0 Å². The van der Waals surface area contributed by atoms with E-state index >= 15 is 0 Å². The Labute approximate surface area is 165 Å². The van der Waals surface area contributed by atoms with Crippen LogP contribution in [0.25, 0.3) is 10.2 Å². The number of hydrogen-bond donors (Lipinski definition) is 1. The number of likely N-dealkylation sites (tertiary alicyclic amines) is 1. The van der Waals surface area contributed by atoms with Gasteiger partial charge in [-0.15, -0.1) is 0 Å². The molecule has 0 radical (unpaired) electrons. The Morgan fingerprint density at radius 1 is 1.26 bits per heavy atom. The molecule has 0 aliphatic carbocycles. The number of rotatable bonds is 7. The molecule has 2 heterocycles. The van der Waals surface area contributed by atoms with Gasteiger partial charge in [-0.3, -0.25) is 9.36 Å². The standard InChI is InChI=1S/C19H29N3O3S2/c1-14(2)22-17-6-5-16(13-18(17)26-19(22)23)27(24,25)20-9-4-10-21-11-7-15(3)8-12-21/h5-6,13-15,20H,4,7-12H2,1-3H3. The quantitative estimate of drug-likeness (QED) is 0.711. The maximum Gasteiger partial charge on any atom is 0.308 e. The molecule has 0 bridgehead atoms. The lowest BCUT2D eigenvalue weighted by molar-refractivity contribution is 0.191.